The first-order valence-corrected chi connectivity index (χ1v) is 10.2. The summed E-state index contributed by atoms with van der Waals surface area (Å²) in [7, 11) is -4.54. The van der Waals surface area contributed by atoms with Crippen LogP contribution in [0, 0.1) is 5.82 Å². The van der Waals surface area contributed by atoms with Crippen molar-refractivity contribution in [3.63, 3.8) is 0 Å². The van der Waals surface area contributed by atoms with E-state index in [0.29, 0.717) is 0 Å². The van der Waals surface area contributed by atoms with Crippen molar-refractivity contribution in [3.8, 4) is 11.1 Å². The number of rotatable bonds is 3. The SMILES string of the molecule is CC1(C)OCC(N)=NC(C)(c2cc(-c3cncc(S(=O)(=O)O)c3)ccc2F)C1(F)F. The molecule has 0 bridgehead atoms. The third-order valence-electron chi connectivity index (χ3n) is 5.15. The van der Waals surface area contributed by atoms with Crippen molar-refractivity contribution in [3.05, 3.63) is 48.0 Å². The van der Waals surface area contributed by atoms with E-state index >= 15 is 8.78 Å². The van der Waals surface area contributed by atoms with Crippen LogP contribution in [0.5, 0.6) is 0 Å². The van der Waals surface area contributed by atoms with Gasteiger partial charge in [-0.15, -0.1) is 0 Å². The monoisotopic (exact) mass is 443 g/mol. The number of aliphatic imine (C=N–C) groups is 1. The Morgan fingerprint density at radius 3 is 2.43 bits per heavy atom. The molecule has 7 nitrogen and oxygen atoms in total. The highest BCUT2D eigenvalue weighted by Crippen LogP contribution is 2.51. The number of amidine groups is 1. The molecule has 1 aliphatic rings. The molecule has 11 heteroatoms. The minimum Gasteiger partial charge on any atom is -0.385 e. The maximum Gasteiger partial charge on any atom is 0.304 e. The van der Waals surface area contributed by atoms with Gasteiger partial charge in [0, 0.05) is 23.5 Å². The van der Waals surface area contributed by atoms with Crippen LogP contribution in [0.3, 0.4) is 0 Å². The number of nitrogens with zero attached hydrogens (tertiary/aromatic N) is 2. The van der Waals surface area contributed by atoms with Crippen LogP contribution in [0.2, 0.25) is 0 Å². The standard InChI is InChI=1S/C19H20F3N3O4S/c1-17(2)19(21,22)18(3,25-16(23)10-29-17)14-7-11(4-5-15(14)20)12-6-13(9-24-8-12)30(26,27)28/h4-9H,10H2,1-3H3,(H2,23,25)(H,26,27,28). The first-order valence-electron chi connectivity index (χ1n) is 8.78. The van der Waals surface area contributed by atoms with Crippen LogP contribution >= 0.6 is 0 Å². The summed E-state index contributed by atoms with van der Waals surface area (Å²) in [5, 5.41) is 0. The van der Waals surface area contributed by atoms with E-state index in [9.17, 15) is 17.4 Å². The summed E-state index contributed by atoms with van der Waals surface area (Å²) in [5.74, 6) is -4.84. The predicted molar refractivity (Wildman–Crippen MR) is 103 cm³/mol. The zero-order valence-corrected chi connectivity index (χ0v) is 17.2. The van der Waals surface area contributed by atoms with Gasteiger partial charge in [-0.2, -0.15) is 8.42 Å². The summed E-state index contributed by atoms with van der Waals surface area (Å²) in [6.45, 7) is 3.05. The Bertz CT molecular complexity index is 1140. The Morgan fingerprint density at radius 2 is 1.80 bits per heavy atom. The lowest BCUT2D eigenvalue weighted by Crippen LogP contribution is -2.56. The van der Waals surface area contributed by atoms with Crippen LogP contribution in [-0.4, -0.2) is 41.9 Å². The second-order valence-corrected chi connectivity index (χ2v) is 9.05. The Morgan fingerprint density at radius 1 is 1.13 bits per heavy atom. The highest BCUT2D eigenvalue weighted by molar-refractivity contribution is 7.85. The van der Waals surface area contributed by atoms with Gasteiger partial charge in [0.05, 0.1) is 0 Å². The van der Waals surface area contributed by atoms with E-state index in [1.807, 2.05) is 0 Å². The zero-order chi connectivity index (χ0) is 22.5. The fourth-order valence-electron chi connectivity index (χ4n) is 3.35. The third kappa shape index (κ3) is 3.57. The lowest BCUT2D eigenvalue weighted by atomic mass is 9.77. The van der Waals surface area contributed by atoms with Crippen LogP contribution < -0.4 is 5.73 Å². The summed E-state index contributed by atoms with van der Waals surface area (Å²) < 4.78 is 83.0. The van der Waals surface area contributed by atoms with Crippen LogP contribution in [0.4, 0.5) is 13.2 Å². The van der Waals surface area contributed by atoms with E-state index < -0.39 is 43.5 Å². The lowest BCUT2D eigenvalue weighted by Gasteiger charge is -2.42. The molecule has 0 radical (unpaired) electrons. The van der Waals surface area contributed by atoms with Crippen molar-refractivity contribution in [1.82, 2.24) is 4.98 Å². The average Bonchev–Trinajstić information content (AvgIpc) is 2.71. The molecule has 162 valence electrons. The molecule has 0 aliphatic carbocycles. The molecule has 2 heterocycles. The van der Waals surface area contributed by atoms with Crippen molar-refractivity contribution in [2.24, 2.45) is 10.7 Å². The van der Waals surface area contributed by atoms with Gasteiger partial charge in [0.2, 0.25) is 0 Å². The topological polar surface area (TPSA) is 115 Å². The number of pyridine rings is 1. The lowest BCUT2D eigenvalue weighted by molar-refractivity contribution is -0.214. The van der Waals surface area contributed by atoms with E-state index in [-0.39, 0.29) is 23.6 Å². The molecule has 3 N–H and O–H groups in total. The number of alkyl halides is 2. The van der Waals surface area contributed by atoms with Gasteiger partial charge in [0.15, 0.2) is 5.54 Å². The van der Waals surface area contributed by atoms with Gasteiger partial charge in [0.1, 0.15) is 28.8 Å². The molecule has 0 saturated heterocycles. The molecule has 0 amide bonds. The van der Waals surface area contributed by atoms with Crippen molar-refractivity contribution in [2.75, 3.05) is 6.61 Å². The maximum absolute atomic E-state index is 15.5. The van der Waals surface area contributed by atoms with E-state index in [1.165, 1.54) is 26.1 Å². The summed E-state index contributed by atoms with van der Waals surface area (Å²) in [6, 6.07) is 4.47. The van der Waals surface area contributed by atoms with Gasteiger partial charge in [0.25, 0.3) is 10.1 Å². The normalized spacial score (nSPS) is 23.5. The molecule has 2 aromatic rings. The number of aromatic nitrogens is 1. The van der Waals surface area contributed by atoms with Gasteiger partial charge in [-0.1, -0.05) is 6.07 Å². The molecule has 1 aromatic heterocycles. The number of nitrogens with two attached hydrogens (primary N) is 1. The highest BCUT2D eigenvalue weighted by Gasteiger charge is 2.63. The fourth-order valence-corrected chi connectivity index (χ4v) is 3.82. The van der Waals surface area contributed by atoms with Gasteiger partial charge < -0.3 is 10.5 Å². The van der Waals surface area contributed by atoms with Gasteiger partial charge in [-0.3, -0.25) is 14.5 Å². The second kappa shape index (κ2) is 7.03. The first-order chi connectivity index (χ1) is 13.7. The van der Waals surface area contributed by atoms with Crippen molar-refractivity contribution >= 4 is 16.0 Å². The molecule has 0 saturated carbocycles. The summed E-state index contributed by atoms with van der Waals surface area (Å²) >= 11 is 0. The first kappa shape index (κ1) is 22.2. The number of hydrogen-bond acceptors (Lipinski definition) is 6. The van der Waals surface area contributed by atoms with E-state index in [4.69, 9.17) is 10.5 Å². The summed E-state index contributed by atoms with van der Waals surface area (Å²) in [4.78, 5) is 7.15. The van der Waals surface area contributed by atoms with E-state index in [1.54, 1.807) is 0 Å². The molecule has 1 unspecified atom stereocenters. The molecule has 30 heavy (non-hydrogen) atoms. The smallest absolute Gasteiger partial charge is 0.304 e. The largest absolute Gasteiger partial charge is 0.385 e. The second-order valence-electron chi connectivity index (χ2n) is 7.63. The molecule has 1 atom stereocenters. The van der Waals surface area contributed by atoms with Crippen molar-refractivity contribution < 1.29 is 30.9 Å². The average molecular weight is 443 g/mol. The van der Waals surface area contributed by atoms with Crippen LogP contribution in [0.25, 0.3) is 11.1 Å². The number of halogens is 3. The molecular formula is C19H20F3N3O4S. The van der Waals surface area contributed by atoms with E-state index in [0.717, 1.165) is 31.3 Å². The highest BCUT2D eigenvalue weighted by atomic mass is 32.2. The number of ether oxygens (including phenoxy) is 1. The molecule has 3 rings (SSSR count). The molecular weight excluding hydrogens is 423 g/mol. The van der Waals surface area contributed by atoms with Crippen molar-refractivity contribution in [1.29, 1.82) is 0 Å². The number of hydrogen-bond donors (Lipinski definition) is 2. The van der Waals surface area contributed by atoms with E-state index in [2.05, 4.69) is 9.98 Å². The Labute approximate surface area is 171 Å². The quantitative estimate of drug-likeness (QED) is 0.705. The predicted octanol–water partition coefficient (Wildman–Crippen LogP) is 3.15. The maximum atomic E-state index is 15.5. The third-order valence-corrected chi connectivity index (χ3v) is 5.97. The Hall–Kier alpha value is -2.50. The molecule has 1 aliphatic heterocycles. The zero-order valence-electron chi connectivity index (χ0n) is 16.4. The van der Waals surface area contributed by atoms with Gasteiger partial charge in [-0.25, -0.2) is 13.2 Å². The molecule has 0 fully saturated rings. The molecule has 0 spiro atoms. The minimum atomic E-state index is -4.54. The molecule has 1 aromatic carbocycles. The number of benzene rings is 1. The van der Waals surface area contributed by atoms with Crippen LogP contribution in [-0.2, 0) is 20.4 Å². The fraction of sp³-hybridized carbons (Fsp3) is 0.368. The van der Waals surface area contributed by atoms with Gasteiger partial charge in [-0.05, 0) is 44.5 Å². The van der Waals surface area contributed by atoms with Gasteiger partial charge >= 0.3 is 5.92 Å². The summed E-state index contributed by atoms with van der Waals surface area (Å²) in [6.07, 6.45) is 2.18. The van der Waals surface area contributed by atoms with Crippen LogP contribution in [0.1, 0.15) is 26.3 Å². The Balaban J connectivity index is 2.24. The summed E-state index contributed by atoms with van der Waals surface area (Å²) in [5.41, 5.74) is 1.20. The van der Waals surface area contributed by atoms with Crippen LogP contribution in [0.15, 0.2) is 46.5 Å². The van der Waals surface area contributed by atoms with Crippen molar-refractivity contribution in [2.45, 2.75) is 42.7 Å². The minimum absolute atomic E-state index is 0.166. The Kier molecular flexibility index (Phi) is 5.20.